The Morgan fingerprint density at radius 2 is 1.72 bits per heavy atom. The molecular weight excluding hydrogens is 385 g/mol. The molecule has 5 heteroatoms. The Hall–Kier alpha value is -2.40. The molecule has 0 aliphatic carbocycles. The number of hydrogen-bond donors (Lipinski definition) is 0. The van der Waals surface area contributed by atoms with Crippen LogP contribution in [0.1, 0.15) is 27.3 Å². The summed E-state index contributed by atoms with van der Waals surface area (Å²) in [6.45, 7) is 3.97. The molecule has 3 nitrogen and oxygen atoms in total. The summed E-state index contributed by atoms with van der Waals surface area (Å²) >= 11 is 3.38. The van der Waals surface area contributed by atoms with Gasteiger partial charge in [-0.05, 0) is 61.9 Å². The molecular formula is C20H17BrFNO2. The number of esters is 1. The summed E-state index contributed by atoms with van der Waals surface area (Å²) in [6, 6.07) is 15.6. The van der Waals surface area contributed by atoms with Crippen molar-refractivity contribution in [1.82, 2.24) is 4.57 Å². The first-order chi connectivity index (χ1) is 12.0. The first kappa shape index (κ1) is 17.4. The number of carbonyl (C=O) groups excluding carboxylic acids is 1. The van der Waals surface area contributed by atoms with Gasteiger partial charge in [-0.1, -0.05) is 28.1 Å². The average Bonchev–Trinajstić information content (AvgIpc) is 2.90. The fourth-order valence-electron chi connectivity index (χ4n) is 2.76. The highest BCUT2D eigenvalue weighted by Crippen LogP contribution is 2.22. The van der Waals surface area contributed by atoms with E-state index in [9.17, 15) is 9.18 Å². The van der Waals surface area contributed by atoms with Crippen molar-refractivity contribution < 1.29 is 13.9 Å². The van der Waals surface area contributed by atoms with Crippen LogP contribution in [-0.2, 0) is 11.3 Å². The van der Waals surface area contributed by atoms with Gasteiger partial charge in [0.25, 0.3) is 0 Å². The lowest BCUT2D eigenvalue weighted by molar-refractivity contribution is 0.0472. The molecule has 0 N–H and O–H groups in total. The molecule has 2 aromatic carbocycles. The maximum atomic E-state index is 13.1. The van der Waals surface area contributed by atoms with Crippen LogP contribution < -0.4 is 0 Å². The molecule has 0 amide bonds. The molecule has 0 bridgehead atoms. The van der Waals surface area contributed by atoms with Gasteiger partial charge in [0.15, 0.2) is 0 Å². The lowest BCUT2D eigenvalue weighted by Crippen LogP contribution is -2.07. The highest BCUT2D eigenvalue weighted by Gasteiger charge is 2.18. The van der Waals surface area contributed by atoms with Gasteiger partial charge in [0.05, 0.1) is 5.56 Å². The lowest BCUT2D eigenvalue weighted by Gasteiger charge is -2.10. The Balaban J connectivity index is 1.80. The zero-order valence-corrected chi connectivity index (χ0v) is 15.5. The van der Waals surface area contributed by atoms with Gasteiger partial charge in [0.2, 0.25) is 0 Å². The van der Waals surface area contributed by atoms with E-state index in [4.69, 9.17) is 4.74 Å². The van der Waals surface area contributed by atoms with Crippen molar-refractivity contribution in [3.63, 3.8) is 0 Å². The summed E-state index contributed by atoms with van der Waals surface area (Å²) in [6.07, 6.45) is 0. The van der Waals surface area contributed by atoms with Crippen LogP contribution in [-0.4, -0.2) is 10.5 Å². The minimum atomic E-state index is -0.371. The van der Waals surface area contributed by atoms with Gasteiger partial charge in [-0.15, -0.1) is 0 Å². The quantitative estimate of drug-likeness (QED) is 0.551. The van der Waals surface area contributed by atoms with Crippen molar-refractivity contribution in [2.75, 3.05) is 0 Å². The predicted octanol–water partition coefficient (Wildman–Crippen LogP) is 5.35. The van der Waals surface area contributed by atoms with Crippen molar-refractivity contribution in [1.29, 1.82) is 0 Å². The monoisotopic (exact) mass is 401 g/mol. The van der Waals surface area contributed by atoms with E-state index in [1.165, 1.54) is 12.1 Å². The van der Waals surface area contributed by atoms with E-state index in [1.54, 1.807) is 18.2 Å². The van der Waals surface area contributed by atoms with E-state index in [0.29, 0.717) is 5.56 Å². The molecule has 0 aliphatic rings. The molecule has 3 rings (SSSR count). The number of aryl methyl sites for hydroxylation is 1. The van der Waals surface area contributed by atoms with Gasteiger partial charge in [0, 0.05) is 21.5 Å². The van der Waals surface area contributed by atoms with E-state index in [2.05, 4.69) is 15.9 Å². The van der Waals surface area contributed by atoms with Crippen LogP contribution in [0.15, 0.2) is 59.1 Å². The third-order valence-corrected chi connectivity index (χ3v) is 4.55. The van der Waals surface area contributed by atoms with Gasteiger partial charge in [-0.25, -0.2) is 9.18 Å². The van der Waals surface area contributed by atoms with Gasteiger partial charge in [0.1, 0.15) is 12.4 Å². The van der Waals surface area contributed by atoms with Gasteiger partial charge in [-0.2, -0.15) is 0 Å². The van der Waals surface area contributed by atoms with Crippen molar-refractivity contribution in [2.45, 2.75) is 20.5 Å². The Bertz CT molecular complexity index is 899. The molecule has 128 valence electrons. The number of halogens is 2. The van der Waals surface area contributed by atoms with Crippen molar-refractivity contribution in [3.8, 4) is 5.69 Å². The first-order valence-electron chi connectivity index (χ1n) is 7.82. The third kappa shape index (κ3) is 3.82. The Morgan fingerprint density at radius 3 is 2.36 bits per heavy atom. The number of carbonyl (C=O) groups is 1. The van der Waals surface area contributed by atoms with Crippen LogP contribution in [0, 0.1) is 19.7 Å². The van der Waals surface area contributed by atoms with Crippen LogP contribution in [0.4, 0.5) is 4.39 Å². The van der Waals surface area contributed by atoms with Gasteiger partial charge < -0.3 is 9.30 Å². The van der Waals surface area contributed by atoms with Crippen molar-refractivity contribution in [2.24, 2.45) is 0 Å². The Labute approximate surface area is 154 Å². The minimum Gasteiger partial charge on any atom is -0.457 e. The lowest BCUT2D eigenvalue weighted by atomic mass is 10.2. The Kier molecular flexibility index (Phi) is 5.04. The molecule has 1 heterocycles. The van der Waals surface area contributed by atoms with Crippen molar-refractivity contribution >= 4 is 21.9 Å². The summed E-state index contributed by atoms with van der Waals surface area (Å²) in [5.41, 5.74) is 3.90. The fourth-order valence-corrected chi connectivity index (χ4v) is 3.03. The topological polar surface area (TPSA) is 31.2 Å². The van der Waals surface area contributed by atoms with E-state index in [1.807, 2.05) is 42.7 Å². The van der Waals surface area contributed by atoms with E-state index >= 15 is 0 Å². The standard InChI is InChI=1S/C20H17BrFNO2/c1-13-11-19(14(2)23(13)18-9-7-17(22)8-10-18)20(24)25-12-15-3-5-16(21)6-4-15/h3-11H,12H2,1-2H3. The largest absolute Gasteiger partial charge is 0.457 e. The van der Waals surface area contributed by atoms with E-state index in [0.717, 1.165) is 27.1 Å². The zero-order valence-electron chi connectivity index (χ0n) is 13.9. The molecule has 0 saturated heterocycles. The maximum absolute atomic E-state index is 13.1. The first-order valence-corrected chi connectivity index (χ1v) is 8.61. The fraction of sp³-hybridized carbons (Fsp3) is 0.150. The second kappa shape index (κ2) is 7.23. The maximum Gasteiger partial charge on any atom is 0.340 e. The van der Waals surface area contributed by atoms with Crippen LogP contribution >= 0.6 is 15.9 Å². The van der Waals surface area contributed by atoms with Crippen LogP contribution in [0.2, 0.25) is 0 Å². The SMILES string of the molecule is Cc1cc(C(=O)OCc2ccc(Br)cc2)c(C)n1-c1ccc(F)cc1. The second-order valence-electron chi connectivity index (χ2n) is 5.80. The summed E-state index contributed by atoms with van der Waals surface area (Å²) < 4.78 is 21.5. The highest BCUT2D eigenvalue weighted by molar-refractivity contribution is 9.10. The van der Waals surface area contributed by atoms with Crippen molar-refractivity contribution in [3.05, 3.63) is 87.4 Å². The van der Waals surface area contributed by atoms with Gasteiger partial charge >= 0.3 is 5.97 Å². The molecule has 0 saturated carbocycles. The molecule has 0 unspecified atom stereocenters. The van der Waals surface area contributed by atoms with Crippen LogP contribution in [0.25, 0.3) is 5.69 Å². The van der Waals surface area contributed by atoms with Crippen LogP contribution in [0.3, 0.4) is 0 Å². The predicted molar refractivity (Wildman–Crippen MR) is 98.5 cm³/mol. The van der Waals surface area contributed by atoms with Crippen LogP contribution in [0.5, 0.6) is 0 Å². The Morgan fingerprint density at radius 1 is 1.08 bits per heavy atom. The number of benzene rings is 2. The number of nitrogens with zero attached hydrogens (tertiary/aromatic N) is 1. The molecule has 25 heavy (non-hydrogen) atoms. The second-order valence-corrected chi connectivity index (χ2v) is 6.71. The molecule has 0 radical (unpaired) electrons. The molecule has 3 aromatic rings. The molecule has 1 aromatic heterocycles. The van der Waals surface area contributed by atoms with E-state index < -0.39 is 0 Å². The summed E-state index contributed by atoms with van der Waals surface area (Å²) in [5.74, 6) is -0.662. The number of aromatic nitrogens is 1. The van der Waals surface area contributed by atoms with Gasteiger partial charge in [-0.3, -0.25) is 0 Å². The summed E-state index contributed by atoms with van der Waals surface area (Å²) in [4.78, 5) is 12.5. The van der Waals surface area contributed by atoms with E-state index in [-0.39, 0.29) is 18.4 Å². The number of hydrogen-bond acceptors (Lipinski definition) is 2. The number of ether oxygens (including phenoxy) is 1. The molecule has 0 atom stereocenters. The highest BCUT2D eigenvalue weighted by atomic mass is 79.9. The smallest absolute Gasteiger partial charge is 0.340 e. The number of rotatable bonds is 4. The minimum absolute atomic E-state index is 0.215. The average molecular weight is 402 g/mol. The normalized spacial score (nSPS) is 10.7. The summed E-state index contributed by atoms with van der Waals surface area (Å²) in [7, 11) is 0. The summed E-state index contributed by atoms with van der Waals surface area (Å²) in [5, 5.41) is 0. The molecule has 0 fully saturated rings. The third-order valence-electron chi connectivity index (χ3n) is 4.02. The molecule has 0 aliphatic heterocycles. The molecule has 0 spiro atoms. The zero-order chi connectivity index (χ0) is 18.0.